The van der Waals surface area contributed by atoms with Gasteiger partial charge in [-0.1, -0.05) is 32.0 Å². The number of hydrogen-bond donors (Lipinski definition) is 3. The lowest BCUT2D eigenvalue weighted by molar-refractivity contribution is -0.119. The highest BCUT2D eigenvalue weighted by molar-refractivity contribution is 5.95. The summed E-state index contributed by atoms with van der Waals surface area (Å²) in [5.41, 5.74) is 7.16. The molecule has 18 heavy (non-hydrogen) atoms. The standard InChI is InChI=1S/C14H21N3O/c1-9(2)17-13(10(3)18)8-11-5-4-6-12(7-11)14(15)16/h4-7,9,13,17H,8H2,1-3H3,(H3,15,16). The van der Waals surface area contributed by atoms with Crippen LogP contribution in [-0.4, -0.2) is 23.7 Å². The fraction of sp³-hybridized carbons (Fsp3) is 0.429. The average Bonchev–Trinajstić information content (AvgIpc) is 2.27. The molecule has 1 rings (SSSR count). The van der Waals surface area contributed by atoms with E-state index in [1.165, 1.54) is 0 Å². The van der Waals surface area contributed by atoms with Gasteiger partial charge in [0, 0.05) is 11.6 Å². The van der Waals surface area contributed by atoms with Crippen LogP contribution in [0.4, 0.5) is 0 Å². The molecule has 0 fully saturated rings. The Bertz CT molecular complexity index is 440. The van der Waals surface area contributed by atoms with Crippen LogP contribution in [0.25, 0.3) is 0 Å². The van der Waals surface area contributed by atoms with Crippen molar-refractivity contribution in [1.29, 1.82) is 5.41 Å². The number of benzene rings is 1. The molecule has 1 unspecified atom stereocenters. The maximum atomic E-state index is 11.6. The maximum Gasteiger partial charge on any atom is 0.147 e. The quantitative estimate of drug-likeness (QED) is 0.526. The van der Waals surface area contributed by atoms with Gasteiger partial charge in [-0.2, -0.15) is 0 Å². The number of carbonyl (C=O) groups is 1. The molecule has 0 spiro atoms. The summed E-state index contributed by atoms with van der Waals surface area (Å²) >= 11 is 0. The summed E-state index contributed by atoms with van der Waals surface area (Å²) in [6.07, 6.45) is 0.620. The highest BCUT2D eigenvalue weighted by atomic mass is 16.1. The average molecular weight is 247 g/mol. The van der Waals surface area contributed by atoms with Gasteiger partial charge in [-0.3, -0.25) is 10.2 Å². The van der Waals surface area contributed by atoms with Crippen molar-refractivity contribution in [3.05, 3.63) is 35.4 Å². The zero-order valence-corrected chi connectivity index (χ0v) is 11.2. The molecule has 0 radical (unpaired) electrons. The third kappa shape index (κ3) is 4.30. The topological polar surface area (TPSA) is 79.0 Å². The molecule has 4 N–H and O–H groups in total. The van der Waals surface area contributed by atoms with Gasteiger partial charge in [0.15, 0.2) is 0 Å². The Morgan fingerprint density at radius 1 is 1.44 bits per heavy atom. The summed E-state index contributed by atoms with van der Waals surface area (Å²) < 4.78 is 0. The molecule has 1 atom stereocenters. The molecule has 0 aliphatic carbocycles. The van der Waals surface area contributed by atoms with Crippen LogP contribution in [0.15, 0.2) is 24.3 Å². The summed E-state index contributed by atoms with van der Waals surface area (Å²) in [5, 5.41) is 10.6. The first kappa shape index (κ1) is 14.4. The fourth-order valence-corrected chi connectivity index (χ4v) is 1.82. The molecule has 0 saturated carbocycles. The van der Waals surface area contributed by atoms with E-state index in [-0.39, 0.29) is 23.7 Å². The van der Waals surface area contributed by atoms with Crippen LogP contribution in [0.1, 0.15) is 31.9 Å². The van der Waals surface area contributed by atoms with E-state index in [2.05, 4.69) is 5.32 Å². The highest BCUT2D eigenvalue weighted by Crippen LogP contribution is 2.08. The van der Waals surface area contributed by atoms with Crippen molar-refractivity contribution >= 4 is 11.6 Å². The summed E-state index contributed by atoms with van der Waals surface area (Å²) in [4.78, 5) is 11.6. The number of amidine groups is 1. The van der Waals surface area contributed by atoms with Crippen molar-refractivity contribution < 1.29 is 4.79 Å². The number of rotatable bonds is 6. The third-order valence-corrected chi connectivity index (χ3v) is 2.70. The van der Waals surface area contributed by atoms with Gasteiger partial charge in [0.1, 0.15) is 11.6 Å². The number of carbonyl (C=O) groups excluding carboxylic acids is 1. The van der Waals surface area contributed by atoms with Gasteiger partial charge >= 0.3 is 0 Å². The second kappa shape index (κ2) is 6.31. The Morgan fingerprint density at radius 2 is 2.11 bits per heavy atom. The van der Waals surface area contributed by atoms with Crippen molar-refractivity contribution in [3.8, 4) is 0 Å². The summed E-state index contributed by atoms with van der Waals surface area (Å²) in [6.45, 7) is 5.62. The molecule has 0 aromatic heterocycles. The summed E-state index contributed by atoms with van der Waals surface area (Å²) in [6, 6.07) is 7.54. The number of Topliss-reactive ketones (excluding diaryl/α,β-unsaturated/α-hetero) is 1. The van der Waals surface area contributed by atoms with Crippen molar-refractivity contribution in [2.75, 3.05) is 0 Å². The smallest absolute Gasteiger partial charge is 0.147 e. The van der Waals surface area contributed by atoms with Gasteiger partial charge in [-0.25, -0.2) is 0 Å². The van der Waals surface area contributed by atoms with Gasteiger partial charge < -0.3 is 11.1 Å². The Kier molecular flexibility index (Phi) is 5.04. The van der Waals surface area contributed by atoms with Crippen molar-refractivity contribution in [2.45, 2.75) is 39.3 Å². The van der Waals surface area contributed by atoms with Gasteiger partial charge in [0.2, 0.25) is 0 Å². The van der Waals surface area contributed by atoms with Gasteiger partial charge in [0.25, 0.3) is 0 Å². The van der Waals surface area contributed by atoms with Gasteiger partial charge in [-0.15, -0.1) is 0 Å². The van der Waals surface area contributed by atoms with Crippen LogP contribution in [0, 0.1) is 5.41 Å². The second-order valence-electron chi connectivity index (χ2n) is 4.80. The number of ketones is 1. The zero-order chi connectivity index (χ0) is 13.7. The first-order valence-corrected chi connectivity index (χ1v) is 6.10. The third-order valence-electron chi connectivity index (χ3n) is 2.70. The van der Waals surface area contributed by atoms with Crippen molar-refractivity contribution in [3.63, 3.8) is 0 Å². The molecule has 0 amide bonds. The predicted molar refractivity (Wildman–Crippen MR) is 73.9 cm³/mol. The molecule has 4 nitrogen and oxygen atoms in total. The zero-order valence-electron chi connectivity index (χ0n) is 11.2. The van der Waals surface area contributed by atoms with E-state index in [0.29, 0.717) is 12.0 Å². The molecule has 0 aliphatic rings. The number of nitrogen functional groups attached to an aromatic ring is 1. The molecule has 4 heteroatoms. The number of hydrogen-bond acceptors (Lipinski definition) is 3. The minimum absolute atomic E-state index is 0.0491. The number of nitrogens with two attached hydrogens (primary N) is 1. The lowest BCUT2D eigenvalue weighted by atomic mass is 10.0. The van der Waals surface area contributed by atoms with Crippen LogP contribution in [0.5, 0.6) is 0 Å². The Morgan fingerprint density at radius 3 is 2.61 bits per heavy atom. The minimum Gasteiger partial charge on any atom is -0.384 e. The van der Waals surface area contributed by atoms with E-state index in [4.69, 9.17) is 11.1 Å². The second-order valence-corrected chi connectivity index (χ2v) is 4.80. The van der Waals surface area contributed by atoms with E-state index in [1.807, 2.05) is 32.0 Å². The predicted octanol–water partition coefficient (Wildman–Crippen LogP) is 1.47. The Balaban J connectivity index is 2.83. The van der Waals surface area contributed by atoms with Crippen LogP contribution in [0.2, 0.25) is 0 Å². The van der Waals surface area contributed by atoms with Crippen LogP contribution in [0.3, 0.4) is 0 Å². The fourth-order valence-electron chi connectivity index (χ4n) is 1.82. The molecular formula is C14H21N3O. The molecule has 1 aromatic rings. The van der Waals surface area contributed by atoms with E-state index in [9.17, 15) is 4.79 Å². The van der Waals surface area contributed by atoms with Crippen LogP contribution < -0.4 is 11.1 Å². The Hall–Kier alpha value is -1.68. The van der Waals surface area contributed by atoms with E-state index < -0.39 is 0 Å². The lowest BCUT2D eigenvalue weighted by Gasteiger charge is -2.19. The van der Waals surface area contributed by atoms with Crippen molar-refractivity contribution in [2.24, 2.45) is 5.73 Å². The largest absolute Gasteiger partial charge is 0.384 e. The first-order chi connectivity index (χ1) is 8.40. The monoisotopic (exact) mass is 247 g/mol. The molecule has 0 saturated heterocycles. The number of nitrogens with one attached hydrogen (secondary N) is 2. The van der Waals surface area contributed by atoms with E-state index in [0.717, 1.165) is 5.56 Å². The van der Waals surface area contributed by atoms with Gasteiger partial charge in [0.05, 0.1) is 6.04 Å². The highest BCUT2D eigenvalue weighted by Gasteiger charge is 2.15. The lowest BCUT2D eigenvalue weighted by Crippen LogP contribution is -2.41. The SMILES string of the molecule is CC(=O)C(Cc1cccc(C(=N)N)c1)NC(C)C. The normalized spacial score (nSPS) is 12.4. The molecular weight excluding hydrogens is 226 g/mol. The molecule has 0 aliphatic heterocycles. The van der Waals surface area contributed by atoms with E-state index >= 15 is 0 Å². The minimum atomic E-state index is -0.188. The molecule has 98 valence electrons. The van der Waals surface area contributed by atoms with Crippen molar-refractivity contribution in [1.82, 2.24) is 5.32 Å². The van der Waals surface area contributed by atoms with Crippen LogP contribution >= 0.6 is 0 Å². The first-order valence-electron chi connectivity index (χ1n) is 6.10. The van der Waals surface area contributed by atoms with Crippen LogP contribution in [-0.2, 0) is 11.2 Å². The summed E-state index contributed by atoms with van der Waals surface area (Å²) in [7, 11) is 0. The van der Waals surface area contributed by atoms with E-state index in [1.54, 1.807) is 13.0 Å². The molecule has 1 aromatic carbocycles. The summed E-state index contributed by atoms with van der Waals surface area (Å²) in [5.74, 6) is 0.171. The van der Waals surface area contributed by atoms with Gasteiger partial charge in [-0.05, 0) is 25.0 Å². The maximum absolute atomic E-state index is 11.6. The molecule has 0 heterocycles. The molecule has 0 bridgehead atoms. The Labute approximate surface area is 108 Å².